The molecule has 1 aliphatic rings. The van der Waals surface area contributed by atoms with Gasteiger partial charge in [-0.25, -0.2) is 0 Å². The molecule has 1 aliphatic heterocycles. The Labute approximate surface area is 104 Å². The Kier molecular flexibility index (Phi) is 4.18. The summed E-state index contributed by atoms with van der Waals surface area (Å²) in [5.41, 5.74) is 2.59. The molecule has 1 N–H and O–H groups in total. The average molecular weight is 236 g/mol. The number of aromatic nitrogens is 2. The van der Waals surface area contributed by atoms with Crippen molar-refractivity contribution >= 4 is 0 Å². The Hall–Kier alpha value is -0.870. The van der Waals surface area contributed by atoms with E-state index in [0.29, 0.717) is 6.04 Å². The summed E-state index contributed by atoms with van der Waals surface area (Å²) in [6, 6.07) is 0.678. The molecule has 2 heterocycles. The molecule has 0 aromatic carbocycles. The molecule has 1 fully saturated rings. The molecule has 96 valence electrons. The molecule has 0 aliphatic carbocycles. The lowest BCUT2D eigenvalue weighted by molar-refractivity contribution is 0.206. The van der Waals surface area contributed by atoms with Gasteiger partial charge in [-0.05, 0) is 39.4 Å². The van der Waals surface area contributed by atoms with Crippen LogP contribution >= 0.6 is 0 Å². The Morgan fingerprint density at radius 2 is 2.12 bits per heavy atom. The molecule has 4 heteroatoms. The zero-order valence-corrected chi connectivity index (χ0v) is 11.2. The van der Waals surface area contributed by atoms with Crippen LogP contribution in [0.2, 0.25) is 0 Å². The summed E-state index contributed by atoms with van der Waals surface area (Å²) >= 11 is 0. The lowest BCUT2D eigenvalue weighted by Crippen LogP contribution is -2.42. The van der Waals surface area contributed by atoms with Crippen LogP contribution < -0.4 is 5.32 Å². The number of aryl methyl sites for hydroxylation is 1. The Morgan fingerprint density at radius 3 is 2.65 bits per heavy atom. The van der Waals surface area contributed by atoms with E-state index in [0.717, 1.165) is 6.54 Å². The lowest BCUT2D eigenvalue weighted by Gasteiger charge is -2.31. The second-order valence-electron chi connectivity index (χ2n) is 4.97. The molecule has 1 aromatic rings. The Balaban J connectivity index is 1.78. The van der Waals surface area contributed by atoms with Crippen LogP contribution in [0.3, 0.4) is 0 Å². The van der Waals surface area contributed by atoms with E-state index in [-0.39, 0.29) is 0 Å². The molecule has 0 unspecified atom stereocenters. The van der Waals surface area contributed by atoms with E-state index in [1.54, 1.807) is 0 Å². The number of piperidine rings is 1. The summed E-state index contributed by atoms with van der Waals surface area (Å²) in [7, 11) is 2.00. The van der Waals surface area contributed by atoms with Crippen LogP contribution in [0.4, 0.5) is 0 Å². The van der Waals surface area contributed by atoms with Crippen molar-refractivity contribution < 1.29 is 0 Å². The highest BCUT2D eigenvalue weighted by molar-refractivity contribution is 5.15. The first-order valence-electron chi connectivity index (χ1n) is 6.64. The molecule has 1 aromatic heterocycles. The standard InChI is InChI=1S/C13H24N4/c1-4-17-7-5-13(6-8-17)14-9-12-10-15-16(3)11(12)2/h10,13-14H,4-9H2,1-3H3. The fraction of sp³-hybridized carbons (Fsp3) is 0.769. The van der Waals surface area contributed by atoms with Gasteiger partial charge in [0.05, 0.1) is 6.20 Å². The predicted molar refractivity (Wildman–Crippen MR) is 69.9 cm³/mol. The minimum atomic E-state index is 0.678. The molecule has 0 amide bonds. The zero-order valence-electron chi connectivity index (χ0n) is 11.2. The second kappa shape index (κ2) is 5.65. The number of hydrogen-bond acceptors (Lipinski definition) is 3. The number of rotatable bonds is 4. The molecule has 4 nitrogen and oxygen atoms in total. The van der Waals surface area contributed by atoms with Crippen LogP contribution in [0, 0.1) is 6.92 Å². The van der Waals surface area contributed by atoms with Crippen molar-refractivity contribution in [3.8, 4) is 0 Å². The van der Waals surface area contributed by atoms with E-state index in [1.807, 2.05) is 17.9 Å². The van der Waals surface area contributed by atoms with Crippen molar-refractivity contribution in [3.63, 3.8) is 0 Å². The van der Waals surface area contributed by atoms with Crippen molar-refractivity contribution in [2.45, 2.75) is 39.3 Å². The summed E-state index contributed by atoms with van der Waals surface area (Å²) in [5.74, 6) is 0. The van der Waals surface area contributed by atoms with Gasteiger partial charge in [-0.2, -0.15) is 5.10 Å². The molecular formula is C13H24N4. The SMILES string of the molecule is CCN1CCC(NCc2cnn(C)c2C)CC1. The highest BCUT2D eigenvalue weighted by atomic mass is 15.3. The van der Waals surface area contributed by atoms with Gasteiger partial charge in [-0.3, -0.25) is 4.68 Å². The third-order valence-electron chi connectivity index (χ3n) is 3.95. The molecule has 0 saturated carbocycles. The fourth-order valence-corrected chi connectivity index (χ4v) is 2.43. The summed E-state index contributed by atoms with van der Waals surface area (Å²) in [6.45, 7) is 8.99. The maximum Gasteiger partial charge on any atom is 0.0537 e. The summed E-state index contributed by atoms with van der Waals surface area (Å²) in [6.07, 6.45) is 4.52. The summed E-state index contributed by atoms with van der Waals surface area (Å²) < 4.78 is 1.94. The zero-order chi connectivity index (χ0) is 12.3. The molecule has 0 radical (unpaired) electrons. The van der Waals surface area contributed by atoms with Gasteiger partial charge in [0.25, 0.3) is 0 Å². The van der Waals surface area contributed by atoms with Gasteiger partial charge in [-0.1, -0.05) is 6.92 Å². The average Bonchev–Trinajstić information content (AvgIpc) is 2.68. The molecule has 0 bridgehead atoms. The van der Waals surface area contributed by atoms with Gasteiger partial charge in [-0.15, -0.1) is 0 Å². The molecule has 0 spiro atoms. The van der Waals surface area contributed by atoms with E-state index in [1.165, 1.54) is 43.7 Å². The van der Waals surface area contributed by atoms with Gasteiger partial charge in [0.1, 0.15) is 0 Å². The topological polar surface area (TPSA) is 33.1 Å². The first-order valence-corrected chi connectivity index (χ1v) is 6.64. The van der Waals surface area contributed by atoms with Crippen LogP contribution in [0.1, 0.15) is 31.0 Å². The number of likely N-dealkylation sites (tertiary alicyclic amines) is 1. The highest BCUT2D eigenvalue weighted by Gasteiger charge is 2.17. The Bertz CT molecular complexity index is 350. The maximum atomic E-state index is 4.27. The van der Waals surface area contributed by atoms with Crippen LogP contribution in [-0.2, 0) is 13.6 Å². The largest absolute Gasteiger partial charge is 0.310 e. The first-order chi connectivity index (χ1) is 8.20. The van der Waals surface area contributed by atoms with E-state index in [9.17, 15) is 0 Å². The van der Waals surface area contributed by atoms with E-state index >= 15 is 0 Å². The van der Waals surface area contributed by atoms with Crippen molar-refractivity contribution in [1.82, 2.24) is 20.0 Å². The third-order valence-corrected chi connectivity index (χ3v) is 3.95. The Morgan fingerprint density at radius 1 is 1.41 bits per heavy atom. The quantitative estimate of drug-likeness (QED) is 0.855. The first kappa shape index (κ1) is 12.6. The number of nitrogens with zero attached hydrogens (tertiary/aromatic N) is 3. The number of hydrogen-bond donors (Lipinski definition) is 1. The molecule has 2 rings (SSSR count). The van der Waals surface area contributed by atoms with E-state index in [4.69, 9.17) is 0 Å². The minimum Gasteiger partial charge on any atom is -0.310 e. The monoisotopic (exact) mass is 236 g/mol. The lowest BCUT2D eigenvalue weighted by atomic mass is 10.0. The second-order valence-corrected chi connectivity index (χ2v) is 4.97. The summed E-state index contributed by atoms with van der Waals surface area (Å²) in [5, 5.41) is 7.93. The van der Waals surface area contributed by atoms with E-state index in [2.05, 4.69) is 29.2 Å². The number of nitrogens with one attached hydrogen (secondary N) is 1. The van der Waals surface area contributed by atoms with Crippen LogP contribution in [-0.4, -0.2) is 40.4 Å². The van der Waals surface area contributed by atoms with Crippen LogP contribution in [0.5, 0.6) is 0 Å². The van der Waals surface area contributed by atoms with Gasteiger partial charge in [0, 0.05) is 30.9 Å². The van der Waals surface area contributed by atoms with Gasteiger partial charge in [0.2, 0.25) is 0 Å². The fourth-order valence-electron chi connectivity index (χ4n) is 2.43. The van der Waals surface area contributed by atoms with Gasteiger partial charge < -0.3 is 10.2 Å². The third kappa shape index (κ3) is 3.07. The molecule has 0 atom stereocenters. The molecular weight excluding hydrogens is 212 g/mol. The van der Waals surface area contributed by atoms with E-state index < -0.39 is 0 Å². The summed E-state index contributed by atoms with van der Waals surface area (Å²) in [4.78, 5) is 2.52. The smallest absolute Gasteiger partial charge is 0.0537 e. The van der Waals surface area contributed by atoms with Gasteiger partial charge in [0.15, 0.2) is 0 Å². The van der Waals surface area contributed by atoms with Crippen molar-refractivity contribution in [1.29, 1.82) is 0 Å². The molecule has 1 saturated heterocycles. The minimum absolute atomic E-state index is 0.678. The van der Waals surface area contributed by atoms with Crippen molar-refractivity contribution in [3.05, 3.63) is 17.5 Å². The van der Waals surface area contributed by atoms with Gasteiger partial charge >= 0.3 is 0 Å². The van der Waals surface area contributed by atoms with Crippen molar-refractivity contribution in [2.24, 2.45) is 7.05 Å². The van der Waals surface area contributed by atoms with Crippen molar-refractivity contribution in [2.75, 3.05) is 19.6 Å². The maximum absolute atomic E-state index is 4.27. The highest BCUT2D eigenvalue weighted by Crippen LogP contribution is 2.11. The normalized spacial score (nSPS) is 18.8. The van der Waals surface area contributed by atoms with Crippen LogP contribution in [0.15, 0.2) is 6.20 Å². The van der Waals surface area contributed by atoms with Crippen LogP contribution in [0.25, 0.3) is 0 Å². The predicted octanol–water partition coefficient (Wildman–Crippen LogP) is 1.30. The molecule has 17 heavy (non-hydrogen) atoms.